The summed E-state index contributed by atoms with van der Waals surface area (Å²) >= 11 is 0. The largest absolute Gasteiger partial charge is 0.480 e. The number of hydrogen-bond donors (Lipinski definition) is 2. The summed E-state index contributed by atoms with van der Waals surface area (Å²) in [6.45, 7) is 5.32. The second-order valence-electron chi connectivity index (χ2n) is 4.30. The van der Waals surface area contributed by atoms with E-state index < -0.39 is 18.0 Å². The first-order valence-corrected chi connectivity index (χ1v) is 5.67. The van der Waals surface area contributed by atoms with Gasteiger partial charge in [-0.2, -0.15) is 0 Å². The van der Waals surface area contributed by atoms with E-state index in [2.05, 4.69) is 5.32 Å². The first-order valence-electron chi connectivity index (χ1n) is 5.67. The van der Waals surface area contributed by atoms with Gasteiger partial charge in [-0.3, -0.25) is 0 Å². The van der Waals surface area contributed by atoms with Crippen molar-refractivity contribution in [3.05, 3.63) is 29.3 Å². The van der Waals surface area contributed by atoms with E-state index in [-0.39, 0.29) is 0 Å². The van der Waals surface area contributed by atoms with Crippen molar-refractivity contribution in [2.24, 2.45) is 0 Å². The fraction of sp³-hybridized carbons (Fsp3) is 0.385. The Hall–Kier alpha value is -2.04. The van der Waals surface area contributed by atoms with Crippen LogP contribution in [-0.2, 0) is 4.79 Å². The second kappa shape index (κ2) is 5.53. The molecule has 0 aliphatic carbocycles. The van der Waals surface area contributed by atoms with Crippen LogP contribution < -0.4 is 5.32 Å². The summed E-state index contributed by atoms with van der Waals surface area (Å²) in [4.78, 5) is 23.8. The number of carboxylic acid groups (broad SMARTS) is 1. The van der Waals surface area contributed by atoms with E-state index >= 15 is 0 Å². The molecule has 0 aromatic heterocycles. The maximum Gasteiger partial charge on any atom is 0.326 e. The van der Waals surface area contributed by atoms with Crippen LogP contribution in [0.25, 0.3) is 0 Å². The second-order valence-corrected chi connectivity index (χ2v) is 4.30. The molecule has 0 saturated carbocycles. The van der Waals surface area contributed by atoms with Gasteiger partial charge in [-0.25, -0.2) is 9.59 Å². The van der Waals surface area contributed by atoms with Crippen molar-refractivity contribution in [2.45, 2.75) is 26.8 Å². The number of nitrogens with one attached hydrogen (secondary N) is 1. The summed E-state index contributed by atoms with van der Waals surface area (Å²) < 4.78 is 0. The molecule has 0 aliphatic heterocycles. The van der Waals surface area contributed by atoms with Crippen LogP contribution in [0.1, 0.15) is 18.1 Å². The Morgan fingerprint density at radius 2 is 1.94 bits per heavy atom. The summed E-state index contributed by atoms with van der Waals surface area (Å²) in [7, 11) is 1.46. The van der Waals surface area contributed by atoms with Gasteiger partial charge in [0.25, 0.3) is 0 Å². The summed E-state index contributed by atoms with van der Waals surface area (Å²) in [6.07, 6.45) is 0. The number of aliphatic carboxylic acids is 1. The minimum Gasteiger partial charge on any atom is -0.480 e. The molecule has 2 N–H and O–H groups in total. The maximum absolute atomic E-state index is 11.9. The number of urea groups is 1. The van der Waals surface area contributed by atoms with Crippen molar-refractivity contribution >= 4 is 17.7 Å². The van der Waals surface area contributed by atoms with Crippen LogP contribution in [-0.4, -0.2) is 35.1 Å². The van der Waals surface area contributed by atoms with Crippen LogP contribution in [0, 0.1) is 13.8 Å². The zero-order valence-electron chi connectivity index (χ0n) is 11.0. The van der Waals surface area contributed by atoms with E-state index in [4.69, 9.17) is 5.11 Å². The highest BCUT2D eigenvalue weighted by Crippen LogP contribution is 2.18. The summed E-state index contributed by atoms with van der Waals surface area (Å²) in [5.41, 5.74) is 2.74. The van der Waals surface area contributed by atoms with Crippen molar-refractivity contribution in [2.75, 3.05) is 12.4 Å². The van der Waals surface area contributed by atoms with Gasteiger partial charge in [-0.05, 0) is 38.0 Å². The third kappa shape index (κ3) is 3.00. The first kappa shape index (κ1) is 14.0. The van der Waals surface area contributed by atoms with Gasteiger partial charge in [0.15, 0.2) is 0 Å². The maximum atomic E-state index is 11.9. The molecule has 1 aromatic rings. The molecule has 2 amide bonds. The van der Waals surface area contributed by atoms with E-state index in [1.54, 1.807) is 6.07 Å². The topological polar surface area (TPSA) is 69.6 Å². The van der Waals surface area contributed by atoms with Crippen LogP contribution in [0.4, 0.5) is 10.5 Å². The SMILES string of the molecule is Cc1cccc(NC(=O)N(C)C(C)C(=O)O)c1C. The lowest BCUT2D eigenvalue weighted by atomic mass is 10.1. The molecule has 0 spiro atoms. The van der Waals surface area contributed by atoms with Gasteiger partial charge in [0.2, 0.25) is 0 Å². The highest BCUT2D eigenvalue weighted by atomic mass is 16.4. The van der Waals surface area contributed by atoms with Gasteiger partial charge >= 0.3 is 12.0 Å². The van der Waals surface area contributed by atoms with Crippen LogP contribution in [0.5, 0.6) is 0 Å². The highest BCUT2D eigenvalue weighted by Gasteiger charge is 2.21. The average molecular weight is 250 g/mol. The standard InChI is InChI=1S/C13H18N2O3/c1-8-6-5-7-11(9(8)2)14-13(18)15(4)10(3)12(16)17/h5-7,10H,1-4H3,(H,14,18)(H,16,17). The van der Waals surface area contributed by atoms with Crippen LogP contribution >= 0.6 is 0 Å². The molecule has 0 saturated heterocycles. The minimum atomic E-state index is -1.03. The molecule has 0 heterocycles. The number of carboxylic acids is 1. The Bertz CT molecular complexity index is 471. The van der Waals surface area contributed by atoms with Crippen LogP contribution in [0.3, 0.4) is 0 Å². The molecule has 1 unspecified atom stereocenters. The van der Waals surface area contributed by atoms with Crippen LogP contribution in [0.15, 0.2) is 18.2 Å². The Labute approximate surface area is 106 Å². The summed E-state index contributed by atoms with van der Waals surface area (Å²) in [5, 5.41) is 11.6. The van der Waals surface area contributed by atoms with Gasteiger partial charge in [0.05, 0.1) is 0 Å². The van der Waals surface area contributed by atoms with Crippen molar-refractivity contribution in [1.29, 1.82) is 0 Å². The molecule has 0 radical (unpaired) electrons. The van der Waals surface area contributed by atoms with Crippen LogP contribution in [0.2, 0.25) is 0 Å². The minimum absolute atomic E-state index is 0.432. The lowest BCUT2D eigenvalue weighted by Crippen LogP contribution is -2.42. The third-order valence-corrected chi connectivity index (χ3v) is 3.10. The number of aryl methyl sites for hydroxylation is 1. The molecule has 0 bridgehead atoms. The molecule has 0 aliphatic rings. The number of carbonyl (C=O) groups excluding carboxylic acids is 1. The molecule has 1 rings (SSSR count). The number of anilines is 1. The van der Waals surface area contributed by atoms with Gasteiger partial charge < -0.3 is 15.3 Å². The lowest BCUT2D eigenvalue weighted by molar-refractivity contribution is -0.141. The zero-order valence-corrected chi connectivity index (χ0v) is 11.0. The zero-order chi connectivity index (χ0) is 13.9. The Kier molecular flexibility index (Phi) is 4.31. The van der Waals surface area contributed by atoms with Gasteiger partial charge in [0.1, 0.15) is 6.04 Å². The van der Waals surface area contributed by atoms with E-state index in [0.717, 1.165) is 16.0 Å². The normalized spacial score (nSPS) is 11.8. The third-order valence-electron chi connectivity index (χ3n) is 3.10. The van der Waals surface area contributed by atoms with Crippen molar-refractivity contribution in [1.82, 2.24) is 4.90 Å². The molecular weight excluding hydrogens is 232 g/mol. The number of rotatable bonds is 3. The molecule has 1 aromatic carbocycles. The van der Waals surface area contributed by atoms with Crippen molar-refractivity contribution in [3.8, 4) is 0 Å². The highest BCUT2D eigenvalue weighted by molar-refractivity contribution is 5.92. The lowest BCUT2D eigenvalue weighted by Gasteiger charge is -2.22. The fourth-order valence-corrected chi connectivity index (χ4v) is 1.43. The fourth-order valence-electron chi connectivity index (χ4n) is 1.43. The van der Waals surface area contributed by atoms with Gasteiger partial charge in [0, 0.05) is 12.7 Å². The Morgan fingerprint density at radius 1 is 1.33 bits per heavy atom. The molecule has 98 valence electrons. The number of benzene rings is 1. The van der Waals surface area contributed by atoms with Gasteiger partial charge in [-0.15, -0.1) is 0 Å². The molecule has 0 fully saturated rings. The molecule has 18 heavy (non-hydrogen) atoms. The predicted molar refractivity (Wildman–Crippen MR) is 69.8 cm³/mol. The summed E-state index contributed by atoms with van der Waals surface area (Å²) in [5.74, 6) is -1.03. The van der Waals surface area contributed by atoms with E-state index in [9.17, 15) is 9.59 Å². The Balaban J connectivity index is 2.82. The molecular formula is C13H18N2O3. The van der Waals surface area contributed by atoms with E-state index in [1.807, 2.05) is 26.0 Å². The molecule has 5 heteroatoms. The Morgan fingerprint density at radius 3 is 2.50 bits per heavy atom. The smallest absolute Gasteiger partial charge is 0.326 e. The number of carbonyl (C=O) groups is 2. The predicted octanol–water partition coefficient (Wildman–Crippen LogP) is 2.24. The van der Waals surface area contributed by atoms with Gasteiger partial charge in [-0.1, -0.05) is 12.1 Å². The first-order chi connectivity index (χ1) is 8.34. The number of hydrogen-bond acceptors (Lipinski definition) is 2. The number of amides is 2. The van der Waals surface area contributed by atoms with E-state index in [1.165, 1.54) is 14.0 Å². The van der Waals surface area contributed by atoms with E-state index in [0.29, 0.717) is 5.69 Å². The molecule has 5 nitrogen and oxygen atoms in total. The summed E-state index contributed by atoms with van der Waals surface area (Å²) in [6, 6.07) is 4.29. The monoisotopic (exact) mass is 250 g/mol. The van der Waals surface area contributed by atoms with Crippen molar-refractivity contribution < 1.29 is 14.7 Å². The quantitative estimate of drug-likeness (QED) is 0.864. The molecule has 1 atom stereocenters. The number of nitrogens with zero attached hydrogens (tertiary/aromatic N) is 1. The van der Waals surface area contributed by atoms with Crippen molar-refractivity contribution in [3.63, 3.8) is 0 Å². The number of likely N-dealkylation sites (N-methyl/N-ethyl adjacent to an activating group) is 1. The average Bonchev–Trinajstić information content (AvgIpc) is 2.32.